The summed E-state index contributed by atoms with van der Waals surface area (Å²) in [5.41, 5.74) is 9.03. The van der Waals surface area contributed by atoms with Crippen molar-refractivity contribution in [1.29, 1.82) is 0 Å². The Morgan fingerprint density at radius 1 is 1.00 bits per heavy atom. The molecule has 2 N–H and O–H groups in total. The van der Waals surface area contributed by atoms with Crippen molar-refractivity contribution in [1.82, 2.24) is 0 Å². The highest BCUT2D eigenvalue weighted by atomic mass is 35.5. The smallest absolute Gasteiger partial charge is 0.324 e. The summed E-state index contributed by atoms with van der Waals surface area (Å²) in [6, 6.07) is 12.6. The van der Waals surface area contributed by atoms with Gasteiger partial charge < -0.3 is 5.73 Å². The summed E-state index contributed by atoms with van der Waals surface area (Å²) in [6.07, 6.45) is -3.60. The Balaban J connectivity index is 0.00000264. The molecule has 0 saturated heterocycles. The van der Waals surface area contributed by atoms with E-state index in [1.165, 1.54) is 12.1 Å². The third-order valence-corrected chi connectivity index (χ3v) is 3.45. The molecule has 2 rings (SSSR count). The standard InChI is InChI=1S/C18H18F3N.ClH/c1-12(2)11-17(22)15-5-3-13(4-6-15)14-7-9-16(10-8-14)18(19,20)21;/h3-10,17H,1,11,22H2,2H3;1H/t17-;/m1./s1. The predicted molar refractivity (Wildman–Crippen MR) is 90.5 cm³/mol. The summed E-state index contributed by atoms with van der Waals surface area (Å²) in [7, 11) is 0. The van der Waals surface area contributed by atoms with E-state index in [9.17, 15) is 13.2 Å². The Bertz CT molecular complexity index is 645. The lowest BCUT2D eigenvalue weighted by Gasteiger charge is -2.13. The number of alkyl halides is 3. The Kier molecular flexibility index (Phi) is 6.42. The third kappa shape index (κ3) is 5.12. The molecule has 1 atom stereocenters. The molecule has 2 aromatic carbocycles. The van der Waals surface area contributed by atoms with Crippen LogP contribution < -0.4 is 5.73 Å². The molecule has 2 aromatic rings. The molecule has 0 bridgehead atoms. The van der Waals surface area contributed by atoms with Gasteiger partial charge in [-0.2, -0.15) is 13.2 Å². The maximum Gasteiger partial charge on any atom is 0.416 e. The van der Waals surface area contributed by atoms with Crippen LogP contribution in [0, 0.1) is 0 Å². The average Bonchev–Trinajstić information content (AvgIpc) is 2.46. The second-order valence-corrected chi connectivity index (χ2v) is 5.46. The van der Waals surface area contributed by atoms with Gasteiger partial charge in [-0.3, -0.25) is 0 Å². The Hall–Kier alpha value is -1.78. The summed E-state index contributed by atoms with van der Waals surface area (Å²) in [4.78, 5) is 0. The third-order valence-electron chi connectivity index (χ3n) is 3.45. The number of hydrogen-bond acceptors (Lipinski definition) is 1. The highest BCUT2D eigenvalue weighted by Crippen LogP contribution is 2.31. The molecule has 23 heavy (non-hydrogen) atoms. The Morgan fingerprint density at radius 2 is 1.43 bits per heavy atom. The van der Waals surface area contributed by atoms with E-state index in [1.54, 1.807) is 0 Å². The molecule has 0 spiro atoms. The highest BCUT2D eigenvalue weighted by molar-refractivity contribution is 5.85. The van der Waals surface area contributed by atoms with Crippen LogP contribution >= 0.6 is 12.4 Å². The van der Waals surface area contributed by atoms with Crippen LogP contribution in [-0.2, 0) is 6.18 Å². The number of benzene rings is 2. The summed E-state index contributed by atoms with van der Waals surface area (Å²) >= 11 is 0. The molecular weight excluding hydrogens is 323 g/mol. The molecule has 0 fully saturated rings. The van der Waals surface area contributed by atoms with Crippen molar-refractivity contribution < 1.29 is 13.2 Å². The van der Waals surface area contributed by atoms with Crippen molar-refractivity contribution in [3.8, 4) is 11.1 Å². The van der Waals surface area contributed by atoms with Gasteiger partial charge in [0, 0.05) is 6.04 Å². The number of halogens is 4. The summed E-state index contributed by atoms with van der Waals surface area (Å²) in [6.45, 7) is 5.77. The molecule has 0 aliphatic heterocycles. The van der Waals surface area contributed by atoms with Gasteiger partial charge in [0.05, 0.1) is 5.56 Å². The fraction of sp³-hybridized carbons (Fsp3) is 0.222. The first-order valence-corrected chi connectivity index (χ1v) is 6.95. The van der Waals surface area contributed by atoms with E-state index < -0.39 is 11.7 Å². The molecule has 1 nitrogen and oxygen atoms in total. The van der Waals surface area contributed by atoms with Crippen molar-refractivity contribution >= 4 is 12.4 Å². The summed E-state index contributed by atoms with van der Waals surface area (Å²) in [5, 5.41) is 0. The molecule has 0 aliphatic carbocycles. The lowest BCUT2D eigenvalue weighted by atomic mass is 9.97. The van der Waals surface area contributed by atoms with Gasteiger partial charge in [0.15, 0.2) is 0 Å². The molecule has 0 heterocycles. The minimum atomic E-state index is -4.31. The van der Waals surface area contributed by atoms with E-state index in [-0.39, 0.29) is 18.4 Å². The number of nitrogens with two attached hydrogens (primary N) is 1. The lowest BCUT2D eigenvalue weighted by molar-refractivity contribution is -0.137. The normalized spacial score (nSPS) is 12.4. The van der Waals surface area contributed by atoms with E-state index in [0.717, 1.165) is 34.4 Å². The monoisotopic (exact) mass is 341 g/mol. The van der Waals surface area contributed by atoms with Crippen LogP contribution in [0.2, 0.25) is 0 Å². The van der Waals surface area contributed by atoms with E-state index in [1.807, 2.05) is 31.2 Å². The largest absolute Gasteiger partial charge is 0.416 e. The molecule has 0 unspecified atom stereocenters. The van der Waals surface area contributed by atoms with Crippen molar-refractivity contribution in [3.05, 3.63) is 71.8 Å². The van der Waals surface area contributed by atoms with E-state index >= 15 is 0 Å². The van der Waals surface area contributed by atoms with E-state index in [2.05, 4.69) is 6.58 Å². The van der Waals surface area contributed by atoms with Crippen LogP contribution in [0.25, 0.3) is 11.1 Å². The fourth-order valence-corrected chi connectivity index (χ4v) is 2.27. The first-order chi connectivity index (χ1) is 10.3. The van der Waals surface area contributed by atoms with Crippen LogP contribution in [-0.4, -0.2) is 0 Å². The van der Waals surface area contributed by atoms with Crippen LogP contribution in [0.4, 0.5) is 13.2 Å². The minimum Gasteiger partial charge on any atom is -0.324 e. The summed E-state index contributed by atoms with van der Waals surface area (Å²) < 4.78 is 37.6. The van der Waals surface area contributed by atoms with E-state index in [4.69, 9.17) is 5.73 Å². The SMILES string of the molecule is C=C(C)C[C@@H](N)c1ccc(-c2ccc(C(F)(F)F)cc2)cc1.Cl. The highest BCUT2D eigenvalue weighted by Gasteiger charge is 2.29. The molecule has 0 aromatic heterocycles. The molecular formula is C18H19ClF3N. The van der Waals surface area contributed by atoms with Gasteiger partial charge >= 0.3 is 6.18 Å². The predicted octanol–water partition coefficient (Wildman–Crippen LogP) is 5.76. The second kappa shape index (κ2) is 7.66. The first kappa shape index (κ1) is 19.3. The number of rotatable bonds is 4. The van der Waals surface area contributed by atoms with Gasteiger partial charge in [-0.1, -0.05) is 42.0 Å². The maximum absolute atomic E-state index is 12.5. The zero-order valence-electron chi connectivity index (χ0n) is 12.7. The zero-order chi connectivity index (χ0) is 16.3. The van der Waals surface area contributed by atoms with Crippen molar-refractivity contribution in [3.63, 3.8) is 0 Å². The van der Waals surface area contributed by atoms with E-state index in [0.29, 0.717) is 6.42 Å². The van der Waals surface area contributed by atoms with Crippen LogP contribution in [0.1, 0.15) is 30.5 Å². The van der Waals surface area contributed by atoms with Gasteiger partial charge in [0.2, 0.25) is 0 Å². The molecule has 0 saturated carbocycles. The van der Waals surface area contributed by atoms with Gasteiger partial charge in [0.1, 0.15) is 0 Å². The fourth-order valence-electron chi connectivity index (χ4n) is 2.27. The Morgan fingerprint density at radius 3 is 1.83 bits per heavy atom. The summed E-state index contributed by atoms with van der Waals surface area (Å²) in [5.74, 6) is 0. The number of hydrogen-bond donors (Lipinski definition) is 1. The van der Waals surface area contributed by atoms with Crippen LogP contribution in [0.3, 0.4) is 0 Å². The average molecular weight is 342 g/mol. The van der Waals surface area contributed by atoms with Crippen molar-refractivity contribution in [2.75, 3.05) is 0 Å². The molecule has 124 valence electrons. The first-order valence-electron chi connectivity index (χ1n) is 6.95. The van der Waals surface area contributed by atoms with Gasteiger partial charge in [-0.15, -0.1) is 19.0 Å². The second-order valence-electron chi connectivity index (χ2n) is 5.46. The molecule has 0 aliphatic rings. The van der Waals surface area contributed by atoms with Crippen molar-refractivity contribution in [2.45, 2.75) is 25.6 Å². The topological polar surface area (TPSA) is 26.0 Å². The molecule has 0 amide bonds. The maximum atomic E-state index is 12.5. The quantitative estimate of drug-likeness (QED) is 0.703. The zero-order valence-corrected chi connectivity index (χ0v) is 13.5. The van der Waals surface area contributed by atoms with Crippen LogP contribution in [0.5, 0.6) is 0 Å². The Labute approximate surface area is 140 Å². The van der Waals surface area contributed by atoms with Gasteiger partial charge in [-0.25, -0.2) is 0 Å². The lowest BCUT2D eigenvalue weighted by Crippen LogP contribution is -2.10. The van der Waals surface area contributed by atoms with Crippen molar-refractivity contribution in [2.24, 2.45) is 5.73 Å². The molecule has 0 radical (unpaired) electrons. The van der Waals surface area contributed by atoms with Gasteiger partial charge in [0.25, 0.3) is 0 Å². The van der Waals surface area contributed by atoms with Gasteiger partial charge in [-0.05, 0) is 42.2 Å². The minimum absolute atomic E-state index is 0. The molecule has 5 heteroatoms. The van der Waals surface area contributed by atoms with Crippen LogP contribution in [0.15, 0.2) is 60.7 Å².